The highest BCUT2D eigenvalue weighted by Crippen LogP contribution is 2.38. The molecule has 2 unspecified atom stereocenters. The highest BCUT2D eigenvalue weighted by atomic mass is 19.4. The Hall–Kier alpha value is -1.38. The lowest BCUT2D eigenvalue weighted by molar-refractivity contribution is -0.196. The zero-order valence-corrected chi connectivity index (χ0v) is 15.6. The first kappa shape index (κ1) is 21.9. The summed E-state index contributed by atoms with van der Waals surface area (Å²) in [5, 5.41) is 0. The van der Waals surface area contributed by atoms with Crippen LogP contribution in [-0.2, 0) is 27.0 Å². The largest absolute Gasteiger partial charge is 0.491 e. The molecule has 1 aliphatic rings. The second-order valence-corrected chi connectivity index (χ2v) is 6.34. The summed E-state index contributed by atoms with van der Waals surface area (Å²) < 4.78 is 75.7. The minimum absolute atomic E-state index is 0.0744. The lowest BCUT2D eigenvalue weighted by Gasteiger charge is -2.29. The highest BCUT2D eigenvalue weighted by molar-refractivity contribution is 5.39. The maximum absolute atomic E-state index is 14.2. The fourth-order valence-corrected chi connectivity index (χ4v) is 2.82. The molecule has 0 bridgehead atoms. The molecule has 1 fully saturated rings. The summed E-state index contributed by atoms with van der Waals surface area (Å²) in [6, 6.07) is 2.39. The third kappa shape index (κ3) is 6.33. The fraction of sp³-hybridized carbons (Fsp3) is 0.684. The molecular formula is C19H26F4O4. The number of hydrogen-bond donors (Lipinski definition) is 0. The van der Waals surface area contributed by atoms with Crippen molar-refractivity contribution in [2.45, 2.75) is 64.7 Å². The smallest absolute Gasteiger partial charge is 0.419 e. The third-order valence-corrected chi connectivity index (χ3v) is 4.24. The number of alkyl halides is 3. The quantitative estimate of drug-likeness (QED) is 0.432. The lowest BCUT2D eigenvalue weighted by Crippen LogP contribution is -2.33. The number of rotatable bonds is 9. The van der Waals surface area contributed by atoms with E-state index in [0.29, 0.717) is 19.4 Å². The van der Waals surface area contributed by atoms with Crippen LogP contribution in [0.25, 0.3) is 0 Å². The van der Waals surface area contributed by atoms with Crippen molar-refractivity contribution in [1.29, 1.82) is 0 Å². The minimum Gasteiger partial charge on any atom is -0.491 e. The van der Waals surface area contributed by atoms with Crippen LogP contribution in [0.2, 0.25) is 0 Å². The summed E-state index contributed by atoms with van der Waals surface area (Å²) in [6.45, 7) is 4.21. The molecule has 0 aliphatic carbocycles. The van der Waals surface area contributed by atoms with E-state index in [4.69, 9.17) is 18.9 Å². The normalized spacial score (nSPS) is 20.7. The Kier molecular flexibility index (Phi) is 8.31. The molecule has 4 nitrogen and oxygen atoms in total. The predicted molar refractivity (Wildman–Crippen MR) is 91.0 cm³/mol. The topological polar surface area (TPSA) is 36.9 Å². The fourth-order valence-electron chi connectivity index (χ4n) is 2.82. The molecule has 0 radical (unpaired) electrons. The van der Waals surface area contributed by atoms with Crippen molar-refractivity contribution in [2.75, 3.05) is 19.8 Å². The molecule has 1 heterocycles. The van der Waals surface area contributed by atoms with E-state index in [0.717, 1.165) is 12.8 Å². The van der Waals surface area contributed by atoms with Gasteiger partial charge in [0, 0.05) is 13.0 Å². The van der Waals surface area contributed by atoms with Gasteiger partial charge in [-0.25, -0.2) is 4.39 Å². The first-order valence-electron chi connectivity index (χ1n) is 9.23. The lowest BCUT2D eigenvalue weighted by atomic mass is 10.1. The van der Waals surface area contributed by atoms with E-state index in [1.165, 1.54) is 12.1 Å². The van der Waals surface area contributed by atoms with Crippen molar-refractivity contribution in [3.05, 3.63) is 29.1 Å². The van der Waals surface area contributed by atoms with E-state index in [-0.39, 0.29) is 37.8 Å². The average Bonchev–Trinajstić information content (AvgIpc) is 2.62. The first-order chi connectivity index (χ1) is 12.9. The molecule has 0 spiro atoms. The number of benzene rings is 1. The Balaban J connectivity index is 1.95. The van der Waals surface area contributed by atoms with Crippen molar-refractivity contribution >= 4 is 0 Å². The predicted octanol–water partition coefficient (Wildman–Crippen LogP) is 5.08. The molecule has 0 aromatic heterocycles. The zero-order chi connectivity index (χ0) is 19.9. The summed E-state index contributed by atoms with van der Waals surface area (Å²) in [7, 11) is 0. The Labute approximate surface area is 156 Å². The van der Waals surface area contributed by atoms with Crippen molar-refractivity contribution in [3.8, 4) is 5.75 Å². The van der Waals surface area contributed by atoms with Crippen LogP contribution < -0.4 is 4.74 Å². The monoisotopic (exact) mass is 394 g/mol. The standard InChI is InChI=1S/C19H26F4O4/c1-3-5-10-25-16-9-7-14(12-27-16)26-11-13-6-8-15(24-4-2)18(20)17(13)19(21,22)23/h6,8,14,16H,3-5,7,9-12H2,1-2H3. The van der Waals surface area contributed by atoms with Crippen LogP contribution in [0.1, 0.15) is 50.7 Å². The molecule has 27 heavy (non-hydrogen) atoms. The van der Waals surface area contributed by atoms with Crippen LogP contribution >= 0.6 is 0 Å². The number of unbranched alkanes of at least 4 members (excludes halogenated alkanes) is 1. The van der Waals surface area contributed by atoms with Gasteiger partial charge in [-0.05, 0) is 31.4 Å². The van der Waals surface area contributed by atoms with E-state index < -0.39 is 23.3 Å². The van der Waals surface area contributed by atoms with Crippen LogP contribution in [0, 0.1) is 5.82 Å². The van der Waals surface area contributed by atoms with Crippen LogP contribution in [0.3, 0.4) is 0 Å². The van der Waals surface area contributed by atoms with Gasteiger partial charge >= 0.3 is 6.18 Å². The SMILES string of the molecule is CCCCOC1CCC(OCc2ccc(OCC)c(F)c2C(F)(F)F)CO1. The van der Waals surface area contributed by atoms with Crippen LogP contribution in [-0.4, -0.2) is 32.2 Å². The van der Waals surface area contributed by atoms with Crippen molar-refractivity contribution in [1.82, 2.24) is 0 Å². The van der Waals surface area contributed by atoms with Crippen LogP contribution in [0.4, 0.5) is 17.6 Å². The van der Waals surface area contributed by atoms with Gasteiger partial charge in [0.05, 0.1) is 25.9 Å². The molecule has 154 valence electrons. The van der Waals surface area contributed by atoms with Gasteiger partial charge in [-0.1, -0.05) is 19.4 Å². The Bertz CT molecular complexity index is 584. The van der Waals surface area contributed by atoms with Gasteiger partial charge in [-0.3, -0.25) is 0 Å². The molecule has 1 aromatic rings. The molecule has 1 aromatic carbocycles. The second kappa shape index (κ2) is 10.2. The van der Waals surface area contributed by atoms with Crippen LogP contribution in [0.15, 0.2) is 12.1 Å². The molecule has 8 heteroatoms. The van der Waals surface area contributed by atoms with Gasteiger partial charge in [-0.2, -0.15) is 13.2 Å². The zero-order valence-electron chi connectivity index (χ0n) is 15.6. The first-order valence-corrected chi connectivity index (χ1v) is 9.23. The maximum atomic E-state index is 14.2. The van der Waals surface area contributed by atoms with E-state index in [9.17, 15) is 17.6 Å². The number of halogens is 4. The molecule has 0 amide bonds. The van der Waals surface area contributed by atoms with Gasteiger partial charge in [0.25, 0.3) is 0 Å². The van der Waals surface area contributed by atoms with Crippen molar-refractivity contribution < 1.29 is 36.5 Å². The molecule has 0 N–H and O–H groups in total. The average molecular weight is 394 g/mol. The van der Waals surface area contributed by atoms with Gasteiger partial charge < -0.3 is 18.9 Å². The second-order valence-electron chi connectivity index (χ2n) is 6.34. The maximum Gasteiger partial charge on any atom is 0.419 e. The summed E-state index contributed by atoms with van der Waals surface area (Å²) in [5.41, 5.74) is -1.60. The van der Waals surface area contributed by atoms with Gasteiger partial charge in [0.2, 0.25) is 0 Å². The summed E-state index contributed by atoms with van der Waals surface area (Å²) in [4.78, 5) is 0. The highest BCUT2D eigenvalue weighted by Gasteiger charge is 2.38. The molecule has 1 saturated heterocycles. The number of hydrogen-bond acceptors (Lipinski definition) is 4. The van der Waals surface area contributed by atoms with E-state index in [1.807, 2.05) is 0 Å². The van der Waals surface area contributed by atoms with Gasteiger partial charge in [0.15, 0.2) is 17.9 Å². The van der Waals surface area contributed by atoms with E-state index in [2.05, 4.69) is 6.92 Å². The van der Waals surface area contributed by atoms with E-state index >= 15 is 0 Å². The van der Waals surface area contributed by atoms with Crippen molar-refractivity contribution in [3.63, 3.8) is 0 Å². The number of ether oxygens (including phenoxy) is 4. The third-order valence-electron chi connectivity index (χ3n) is 4.24. The molecular weight excluding hydrogens is 368 g/mol. The van der Waals surface area contributed by atoms with E-state index in [1.54, 1.807) is 6.92 Å². The Morgan fingerprint density at radius 1 is 1.15 bits per heavy atom. The van der Waals surface area contributed by atoms with Crippen molar-refractivity contribution in [2.24, 2.45) is 0 Å². The Morgan fingerprint density at radius 3 is 2.52 bits per heavy atom. The molecule has 2 rings (SSSR count). The summed E-state index contributed by atoms with van der Waals surface area (Å²) >= 11 is 0. The molecule has 2 atom stereocenters. The molecule has 1 aliphatic heterocycles. The Morgan fingerprint density at radius 2 is 1.93 bits per heavy atom. The molecule has 0 saturated carbocycles. The minimum atomic E-state index is -4.84. The van der Waals surface area contributed by atoms with Gasteiger partial charge in [-0.15, -0.1) is 0 Å². The van der Waals surface area contributed by atoms with Gasteiger partial charge in [0.1, 0.15) is 5.56 Å². The summed E-state index contributed by atoms with van der Waals surface area (Å²) in [6.07, 6.45) is -2.30. The van der Waals surface area contributed by atoms with Crippen LogP contribution in [0.5, 0.6) is 5.75 Å². The summed E-state index contributed by atoms with van der Waals surface area (Å²) in [5.74, 6) is -1.82.